The van der Waals surface area contributed by atoms with Crippen LogP contribution in [0.5, 0.6) is 0 Å². The number of urea groups is 1. The first-order valence-corrected chi connectivity index (χ1v) is 10.4. The molecule has 0 aromatic heterocycles. The number of nitrogens with zero attached hydrogens (tertiary/aromatic N) is 1. The topological polar surface area (TPSA) is 92.8 Å². The van der Waals surface area contributed by atoms with Crippen molar-refractivity contribution in [1.29, 1.82) is 0 Å². The minimum Gasteiger partial charge on any atom is -0.453 e. The van der Waals surface area contributed by atoms with Gasteiger partial charge in [0.05, 0.1) is 0 Å². The van der Waals surface area contributed by atoms with Crippen LogP contribution in [0.15, 0.2) is 24.3 Å². The number of ether oxygens (including phenoxy) is 1. The highest BCUT2D eigenvalue weighted by molar-refractivity contribution is 6.09. The van der Waals surface area contributed by atoms with Gasteiger partial charge in [-0.2, -0.15) is 0 Å². The number of hydrogen-bond donors (Lipinski definition) is 1. The molecule has 0 radical (unpaired) electrons. The van der Waals surface area contributed by atoms with Gasteiger partial charge >= 0.3 is 12.0 Å². The molecular formula is C23H30N2O5. The molecule has 1 aromatic rings. The standard InChI is InChI=1S/C23H30N2O5/c1-14-6-8-17(9-7-14)19(27)16(3)30-18(26)12-25-20(28)23(24-21(25)29)11-15(2)10-22(4,5)13-23/h6-9,15-16H,10-13H2,1-5H3,(H,24,29)/t15-,16-,23-/m1/s1. The molecule has 7 heteroatoms. The number of imide groups is 1. The van der Waals surface area contributed by atoms with Gasteiger partial charge in [0.25, 0.3) is 5.91 Å². The molecule has 0 unspecified atom stereocenters. The summed E-state index contributed by atoms with van der Waals surface area (Å²) in [5.41, 5.74) is 0.394. The SMILES string of the molecule is Cc1ccc(C(=O)[C@@H](C)OC(=O)CN2C(=O)N[C@@]3(C[C@H](C)CC(C)(C)C3)C2=O)cc1. The first kappa shape index (κ1) is 22.0. The predicted molar refractivity (Wildman–Crippen MR) is 111 cm³/mol. The zero-order valence-corrected chi connectivity index (χ0v) is 18.3. The normalized spacial score (nSPS) is 26.4. The van der Waals surface area contributed by atoms with Gasteiger partial charge in [-0.15, -0.1) is 0 Å². The van der Waals surface area contributed by atoms with Gasteiger partial charge in [0.2, 0.25) is 5.78 Å². The van der Waals surface area contributed by atoms with E-state index in [0.717, 1.165) is 16.9 Å². The summed E-state index contributed by atoms with van der Waals surface area (Å²) >= 11 is 0. The Labute approximate surface area is 177 Å². The van der Waals surface area contributed by atoms with E-state index in [-0.39, 0.29) is 23.0 Å². The number of carbonyl (C=O) groups is 4. The summed E-state index contributed by atoms with van der Waals surface area (Å²) in [7, 11) is 0. The molecule has 1 saturated heterocycles. The third-order valence-electron chi connectivity index (χ3n) is 5.92. The van der Waals surface area contributed by atoms with Crippen molar-refractivity contribution in [2.24, 2.45) is 11.3 Å². The van der Waals surface area contributed by atoms with Gasteiger partial charge in [-0.05, 0) is 44.4 Å². The van der Waals surface area contributed by atoms with E-state index in [9.17, 15) is 19.2 Å². The Morgan fingerprint density at radius 1 is 1.20 bits per heavy atom. The van der Waals surface area contributed by atoms with Crippen LogP contribution in [0.25, 0.3) is 0 Å². The summed E-state index contributed by atoms with van der Waals surface area (Å²) < 4.78 is 5.23. The maximum atomic E-state index is 13.1. The molecule has 162 valence electrons. The molecule has 1 spiro atoms. The van der Waals surface area contributed by atoms with Crippen LogP contribution in [-0.2, 0) is 14.3 Å². The van der Waals surface area contributed by atoms with Crippen LogP contribution in [0.4, 0.5) is 4.79 Å². The second-order valence-corrected chi connectivity index (χ2v) is 9.62. The molecule has 2 fully saturated rings. The largest absolute Gasteiger partial charge is 0.453 e. The minimum atomic E-state index is -1.01. The highest BCUT2D eigenvalue weighted by atomic mass is 16.5. The number of benzene rings is 1. The molecule has 1 saturated carbocycles. The molecule has 3 amide bonds. The van der Waals surface area contributed by atoms with Crippen LogP contribution in [-0.4, -0.2) is 46.8 Å². The fourth-order valence-corrected chi connectivity index (χ4v) is 5.02. The molecule has 1 N–H and O–H groups in total. The van der Waals surface area contributed by atoms with Gasteiger partial charge < -0.3 is 10.1 Å². The van der Waals surface area contributed by atoms with Gasteiger partial charge in [0.1, 0.15) is 12.1 Å². The number of rotatable bonds is 5. The summed E-state index contributed by atoms with van der Waals surface area (Å²) in [6.07, 6.45) is 1.04. The smallest absolute Gasteiger partial charge is 0.326 e. The fraction of sp³-hybridized carbons (Fsp3) is 0.565. The molecule has 3 atom stereocenters. The Kier molecular flexibility index (Phi) is 5.76. The molecule has 2 aliphatic rings. The molecule has 0 bridgehead atoms. The van der Waals surface area contributed by atoms with Crippen molar-refractivity contribution in [3.63, 3.8) is 0 Å². The lowest BCUT2D eigenvalue weighted by Gasteiger charge is -2.43. The Balaban J connectivity index is 1.65. The van der Waals surface area contributed by atoms with Crippen molar-refractivity contribution in [1.82, 2.24) is 10.2 Å². The maximum absolute atomic E-state index is 13.1. The molecule has 1 aromatic carbocycles. The molecule has 7 nitrogen and oxygen atoms in total. The van der Waals surface area contributed by atoms with Gasteiger partial charge in [-0.3, -0.25) is 19.3 Å². The summed E-state index contributed by atoms with van der Waals surface area (Å²) in [5, 5.41) is 2.83. The van der Waals surface area contributed by atoms with E-state index >= 15 is 0 Å². The first-order chi connectivity index (χ1) is 13.9. The van der Waals surface area contributed by atoms with Crippen LogP contribution >= 0.6 is 0 Å². The van der Waals surface area contributed by atoms with Crippen molar-refractivity contribution in [3.05, 3.63) is 35.4 Å². The van der Waals surface area contributed by atoms with Crippen LogP contribution in [0.1, 0.15) is 62.9 Å². The van der Waals surface area contributed by atoms with Crippen molar-refractivity contribution in [3.8, 4) is 0 Å². The molecular weight excluding hydrogens is 384 g/mol. The molecule has 30 heavy (non-hydrogen) atoms. The highest BCUT2D eigenvalue weighted by Gasteiger charge is 2.56. The van der Waals surface area contributed by atoms with Crippen molar-refractivity contribution in [2.45, 2.75) is 65.5 Å². The third kappa shape index (κ3) is 4.40. The third-order valence-corrected chi connectivity index (χ3v) is 5.92. The van der Waals surface area contributed by atoms with Crippen molar-refractivity contribution in [2.75, 3.05) is 6.54 Å². The number of Topliss-reactive ketones (excluding diaryl/α,β-unsaturated/α-hetero) is 1. The van der Waals surface area contributed by atoms with Gasteiger partial charge in [0.15, 0.2) is 6.10 Å². The summed E-state index contributed by atoms with van der Waals surface area (Å²) in [6, 6.07) is 6.38. The number of hydrogen-bond acceptors (Lipinski definition) is 5. The lowest BCUT2D eigenvalue weighted by atomic mass is 9.64. The number of carbonyl (C=O) groups excluding carboxylic acids is 4. The van der Waals surface area contributed by atoms with Crippen LogP contribution < -0.4 is 5.32 Å². The van der Waals surface area contributed by atoms with E-state index < -0.39 is 30.2 Å². The molecule has 3 rings (SSSR count). The zero-order chi connectivity index (χ0) is 22.3. The summed E-state index contributed by atoms with van der Waals surface area (Å²) in [5.74, 6) is -1.23. The average molecular weight is 415 g/mol. The number of aryl methyl sites for hydroxylation is 1. The van der Waals surface area contributed by atoms with E-state index in [4.69, 9.17) is 4.74 Å². The van der Waals surface area contributed by atoms with Gasteiger partial charge in [-0.1, -0.05) is 50.6 Å². The van der Waals surface area contributed by atoms with Gasteiger partial charge in [-0.25, -0.2) is 4.79 Å². The maximum Gasteiger partial charge on any atom is 0.326 e. The second-order valence-electron chi connectivity index (χ2n) is 9.62. The number of esters is 1. The Morgan fingerprint density at radius 2 is 1.83 bits per heavy atom. The van der Waals surface area contributed by atoms with E-state index in [0.29, 0.717) is 18.4 Å². The number of nitrogens with one attached hydrogen (secondary N) is 1. The fourth-order valence-electron chi connectivity index (χ4n) is 5.02. The average Bonchev–Trinajstić information content (AvgIpc) is 2.83. The summed E-state index contributed by atoms with van der Waals surface area (Å²) in [6.45, 7) is 9.12. The monoisotopic (exact) mass is 414 g/mol. The van der Waals surface area contributed by atoms with Crippen molar-refractivity contribution < 1.29 is 23.9 Å². The van der Waals surface area contributed by atoms with Crippen molar-refractivity contribution >= 4 is 23.7 Å². The van der Waals surface area contributed by atoms with E-state index in [1.165, 1.54) is 6.92 Å². The Morgan fingerprint density at radius 3 is 2.43 bits per heavy atom. The van der Waals surface area contributed by atoms with Crippen LogP contribution in [0.2, 0.25) is 0 Å². The van der Waals surface area contributed by atoms with E-state index in [1.807, 2.05) is 6.92 Å². The van der Waals surface area contributed by atoms with E-state index in [2.05, 4.69) is 26.1 Å². The Bertz CT molecular complexity index is 876. The first-order valence-electron chi connectivity index (χ1n) is 10.4. The lowest BCUT2D eigenvalue weighted by Crippen LogP contribution is -2.54. The van der Waals surface area contributed by atoms with E-state index in [1.54, 1.807) is 24.3 Å². The van der Waals surface area contributed by atoms with Gasteiger partial charge in [0, 0.05) is 5.56 Å². The minimum absolute atomic E-state index is 0.0912. The van der Waals surface area contributed by atoms with Crippen LogP contribution in [0, 0.1) is 18.3 Å². The molecule has 1 heterocycles. The molecule has 1 aliphatic carbocycles. The number of amides is 3. The highest BCUT2D eigenvalue weighted by Crippen LogP contribution is 2.46. The summed E-state index contributed by atoms with van der Waals surface area (Å²) in [4.78, 5) is 51.4. The predicted octanol–water partition coefficient (Wildman–Crippen LogP) is 3.25. The zero-order valence-electron chi connectivity index (χ0n) is 18.3. The molecule has 1 aliphatic heterocycles. The lowest BCUT2D eigenvalue weighted by molar-refractivity contribution is -0.150. The quantitative estimate of drug-likeness (QED) is 0.454. The second kappa shape index (κ2) is 7.85. The number of ketones is 1. The Hall–Kier alpha value is -2.70. The van der Waals surface area contributed by atoms with Crippen LogP contribution in [0.3, 0.4) is 0 Å².